The molecule has 0 spiro atoms. The maximum atomic E-state index is 12.9. The van der Waals surface area contributed by atoms with E-state index in [0.29, 0.717) is 25.6 Å². The van der Waals surface area contributed by atoms with Crippen LogP contribution in [0.2, 0.25) is 0 Å². The van der Waals surface area contributed by atoms with E-state index in [1.165, 1.54) is 16.7 Å². The maximum Gasteiger partial charge on any atom is 0.253 e. The van der Waals surface area contributed by atoms with Crippen molar-refractivity contribution in [1.29, 1.82) is 0 Å². The molecule has 7 heteroatoms. The summed E-state index contributed by atoms with van der Waals surface area (Å²) in [5.74, 6) is 0.866. The van der Waals surface area contributed by atoms with Crippen LogP contribution in [0.4, 0.5) is 5.95 Å². The first-order valence-corrected chi connectivity index (χ1v) is 14.1. The van der Waals surface area contributed by atoms with Gasteiger partial charge in [0.1, 0.15) is 0 Å². The largest absolute Gasteiger partial charge is 0.351 e. The van der Waals surface area contributed by atoms with Crippen LogP contribution >= 0.6 is 0 Å². The second kappa shape index (κ2) is 10.7. The van der Waals surface area contributed by atoms with Crippen LogP contribution in [0.1, 0.15) is 52.5 Å². The van der Waals surface area contributed by atoms with E-state index in [4.69, 9.17) is 9.97 Å². The third kappa shape index (κ3) is 5.16. The Bertz CT molecular complexity index is 1590. The highest BCUT2D eigenvalue weighted by Gasteiger charge is 2.25. The summed E-state index contributed by atoms with van der Waals surface area (Å²) in [5.41, 5.74) is 8.67. The molecule has 0 bridgehead atoms. The number of rotatable bonds is 4. The van der Waals surface area contributed by atoms with Gasteiger partial charge in [0.05, 0.1) is 11.2 Å². The molecule has 6 rings (SSSR count). The number of amides is 2. The molecule has 1 saturated heterocycles. The first kappa shape index (κ1) is 26.0. The number of likely N-dealkylation sites (tertiary alicyclic amines) is 1. The zero-order valence-corrected chi connectivity index (χ0v) is 23.4. The van der Waals surface area contributed by atoms with Crippen molar-refractivity contribution < 1.29 is 9.59 Å². The molecule has 2 amide bonds. The Morgan fingerprint density at radius 3 is 2.42 bits per heavy atom. The van der Waals surface area contributed by atoms with Gasteiger partial charge in [-0.3, -0.25) is 9.59 Å². The van der Waals surface area contributed by atoms with Gasteiger partial charge in [0.15, 0.2) is 0 Å². The summed E-state index contributed by atoms with van der Waals surface area (Å²) in [5, 5.41) is 4.57. The Hall–Kier alpha value is -4.26. The Morgan fingerprint density at radius 2 is 1.68 bits per heavy atom. The SMILES string of the molecule is CC(=O)N1CCc2c(cccc2-c2ccc3nc(NC4CCN(C(=O)c5ccc(C)cc5)CC4)nc(C)c3c2)C1. The number of nitrogens with zero attached hydrogens (tertiary/aromatic N) is 4. The summed E-state index contributed by atoms with van der Waals surface area (Å²) >= 11 is 0. The molecular formula is C33H35N5O2. The van der Waals surface area contributed by atoms with Crippen molar-refractivity contribution in [3.05, 3.63) is 88.6 Å². The highest BCUT2D eigenvalue weighted by molar-refractivity contribution is 5.94. The summed E-state index contributed by atoms with van der Waals surface area (Å²) in [6.07, 6.45) is 2.57. The maximum absolute atomic E-state index is 12.9. The van der Waals surface area contributed by atoms with E-state index in [1.54, 1.807) is 6.92 Å². The molecule has 3 aromatic carbocycles. The van der Waals surface area contributed by atoms with Crippen LogP contribution in [0.15, 0.2) is 60.7 Å². The number of nitrogens with one attached hydrogen (secondary N) is 1. The number of carbonyl (C=O) groups is 2. The molecule has 2 aliphatic rings. The number of aromatic nitrogens is 2. The standard InChI is InChI=1S/C33H35N5O2/c1-21-7-9-24(10-8-21)32(40)37-16-13-27(14-17-37)35-33-34-22(2)30-19-25(11-12-31(30)36-33)28-6-4-5-26-20-38(23(3)39)18-15-29(26)28/h4-12,19,27H,13-18,20H2,1-3H3,(H,34,35,36). The lowest BCUT2D eigenvalue weighted by Gasteiger charge is -2.32. The number of fused-ring (bicyclic) bond motifs is 2. The van der Waals surface area contributed by atoms with E-state index in [0.717, 1.165) is 59.1 Å². The number of hydrogen-bond donors (Lipinski definition) is 1. The van der Waals surface area contributed by atoms with Gasteiger partial charge < -0.3 is 15.1 Å². The highest BCUT2D eigenvalue weighted by Crippen LogP contribution is 2.33. The first-order valence-electron chi connectivity index (χ1n) is 14.1. The van der Waals surface area contributed by atoms with E-state index in [-0.39, 0.29) is 17.9 Å². The highest BCUT2D eigenvalue weighted by atomic mass is 16.2. The summed E-state index contributed by atoms with van der Waals surface area (Å²) in [6.45, 7) is 8.55. The minimum atomic E-state index is 0.0999. The van der Waals surface area contributed by atoms with Crippen LogP contribution in [-0.2, 0) is 17.8 Å². The van der Waals surface area contributed by atoms with Crippen molar-refractivity contribution in [1.82, 2.24) is 19.8 Å². The predicted octanol–water partition coefficient (Wildman–Crippen LogP) is 5.53. The summed E-state index contributed by atoms with van der Waals surface area (Å²) in [4.78, 5) is 38.3. The topological polar surface area (TPSA) is 78.4 Å². The second-order valence-corrected chi connectivity index (χ2v) is 11.1. The molecule has 204 valence electrons. The van der Waals surface area contributed by atoms with Crippen molar-refractivity contribution in [2.75, 3.05) is 25.0 Å². The normalized spacial score (nSPS) is 15.7. The van der Waals surface area contributed by atoms with Crippen LogP contribution in [-0.4, -0.2) is 57.3 Å². The van der Waals surface area contributed by atoms with Gasteiger partial charge in [-0.15, -0.1) is 0 Å². The molecular weight excluding hydrogens is 498 g/mol. The quantitative estimate of drug-likeness (QED) is 0.373. The lowest BCUT2D eigenvalue weighted by atomic mass is 9.90. The molecule has 1 aromatic heterocycles. The van der Waals surface area contributed by atoms with Gasteiger partial charge >= 0.3 is 0 Å². The predicted molar refractivity (Wildman–Crippen MR) is 158 cm³/mol. The van der Waals surface area contributed by atoms with Crippen molar-refractivity contribution in [3.63, 3.8) is 0 Å². The summed E-state index contributed by atoms with van der Waals surface area (Å²) < 4.78 is 0. The van der Waals surface area contributed by atoms with Crippen LogP contribution < -0.4 is 5.32 Å². The average Bonchev–Trinajstić information content (AvgIpc) is 2.97. The molecule has 1 fully saturated rings. The van der Waals surface area contributed by atoms with Crippen LogP contribution in [0.3, 0.4) is 0 Å². The van der Waals surface area contributed by atoms with Gasteiger partial charge in [-0.25, -0.2) is 9.97 Å². The van der Waals surface area contributed by atoms with Crippen molar-refractivity contribution >= 4 is 28.7 Å². The fourth-order valence-electron chi connectivity index (χ4n) is 5.95. The average molecular weight is 534 g/mol. The number of hydrogen-bond acceptors (Lipinski definition) is 5. The molecule has 0 atom stereocenters. The van der Waals surface area contributed by atoms with E-state index in [1.807, 2.05) is 47.9 Å². The third-order valence-electron chi connectivity index (χ3n) is 8.32. The summed E-state index contributed by atoms with van der Waals surface area (Å²) in [7, 11) is 0. The van der Waals surface area contributed by atoms with E-state index >= 15 is 0 Å². The van der Waals surface area contributed by atoms with Gasteiger partial charge in [0.2, 0.25) is 11.9 Å². The molecule has 1 N–H and O–H groups in total. The van der Waals surface area contributed by atoms with E-state index < -0.39 is 0 Å². The molecule has 0 radical (unpaired) electrons. The molecule has 4 aromatic rings. The van der Waals surface area contributed by atoms with Gasteiger partial charge in [-0.1, -0.05) is 42.0 Å². The zero-order chi connectivity index (χ0) is 27.8. The molecule has 40 heavy (non-hydrogen) atoms. The van der Waals surface area contributed by atoms with Gasteiger partial charge in [0.25, 0.3) is 5.91 Å². The number of benzene rings is 3. The molecule has 0 unspecified atom stereocenters. The van der Waals surface area contributed by atoms with Crippen LogP contribution in [0.25, 0.3) is 22.0 Å². The summed E-state index contributed by atoms with van der Waals surface area (Å²) in [6, 6.07) is 20.8. The van der Waals surface area contributed by atoms with Crippen molar-refractivity contribution in [2.45, 2.75) is 52.6 Å². The van der Waals surface area contributed by atoms with Crippen LogP contribution in [0.5, 0.6) is 0 Å². The van der Waals surface area contributed by atoms with E-state index in [2.05, 4.69) is 41.7 Å². The number of aryl methyl sites for hydroxylation is 2. The van der Waals surface area contributed by atoms with Crippen LogP contribution in [0, 0.1) is 13.8 Å². The molecule has 7 nitrogen and oxygen atoms in total. The van der Waals surface area contributed by atoms with Crippen molar-refractivity contribution in [2.24, 2.45) is 0 Å². The molecule has 0 aliphatic carbocycles. The minimum absolute atomic E-state index is 0.0999. The van der Waals surface area contributed by atoms with Gasteiger partial charge in [-0.05, 0) is 79.6 Å². The molecule has 3 heterocycles. The van der Waals surface area contributed by atoms with Gasteiger partial charge in [0, 0.05) is 50.1 Å². The lowest BCUT2D eigenvalue weighted by molar-refractivity contribution is -0.129. The lowest BCUT2D eigenvalue weighted by Crippen LogP contribution is -2.42. The van der Waals surface area contributed by atoms with E-state index in [9.17, 15) is 9.59 Å². The Morgan fingerprint density at radius 1 is 0.900 bits per heavy atom. The fourth-order valence-corrected chi connectivity index (χ4v) is 5.95. The Kier molecular flexibility index (Phi) is 6.96. The van der Waals surface area contributed by atoms with Crippen molar-refractivity contribution in [3.8, 4) is 11.1 Å². The fraction of sp³-hybridized carbons (Fsp3) is 0.333. The minimum Gasteiger partial charge on any atom is -0.351 e. The first-order chi connectivity index (χ1) is 19.4. The Balaban J connectivity index is 1.16. The second-order valence-electron chi connectivity index (χ2n) is 11.1. The molecule has 0 saturated carbocycles. The third-order valence-corrected chi connectivity index (χ3v) is 8.32. The Labute approximate surface area is 235 Å². The number of piperidine rings is 1. The molecule has 2 aliphatic heterocycles. The smallest absolute Gasteiger partial charge is 0.253 e. The number of anilines is 1. The number of carbonyl (C=O) groups excluding carboxylic acids is 2. The monoisotopic (exact) mass is 533 g/mol. The van der Waals surface area contributed by atoms with Gasteiger partial charge in [-0.2, -0.15) is 0 Å². The zero-order valence-electron chi connectivity index (χ0n) is 23.4.